The lowest BCUT2D eigenvalue weighted by atomic mass is 10.2. The van der Waals surface area contributed by atoms with Crippen LogP contribution >= 0.6 is 0 Å². The minimum absolute atomic E-state index is 0.250. The summed E-state index contributed by atoms with van der Waals surface area (Å²) in [5.74, 6) is 0.880. The van der Waals surface area contributed by atoms with E-state index in [1.807, 2.05) is 0 Å². The molecule has 3 N–H and O–H groups in total. The Morgan fingerprint density at radius 3 is 2.11 bits per heavy atom. The molecule has 1 rings (SSSR count). The van der Waals surface area contributed by atoms with Crippen LogP contribution in [0.25, 0.3) is 0 Å². The van der Waals surface area contributed by atoms with Crippen molar-refractivity contribution in [1.29, 1.82) is 0 Å². The van der Waals surface area contributed by atoms with Crippen LogP contribution in [0.4, 0.5) is 0 Å². The molecule has 0 heterocycles. The average Bonchev–Trinajstić information content (AvgIpc) is 2.44. The lowest BCUT2D eigenvalue weighted by Gasteiger charge is -1.95. The van der Waals surface area contributed by atoms with Gasteiger partial charge in [0.1, 0.15) is 0 Å². The molecule has 0 amide bonds. The van der Waals surface area contributed by atoms with Crippen molar-refractivity contribution in [2.45, 2.75) is 25.8 Å². The molecule has 1 fully saturated rings. The fourth-order valence-corrected chi connectivity index (χ4v) is 0.622. The molecule has 0 saturated heterocycles. The average molecular weight is 131 g/mol. The van der Waals surface area contributed by atoms with Gasteiger partial charge in [0.05, 0.1) is 0 Å². The molecule has 0 aromatic rings. The maximum Gasteiger partial charge on any atom is 0.290 e. The molecule has 1 aliphatic rings. The van der Waals surface area contributed by atoms with E-state index < -0.39 is 0 Å². The molecule has 1 saturated carbocycles. The highest BCUT2D eigenvalue weighted by Crippen LogP contribution is 2.30. The number of hydrogen-bond donors (Lipinski definition) is 2. The van der Waals surface area contributed by atoms with Gasteiger partial charge in [0.25, 0.3) is 6.47 Å². The quantitative estimate of drug-likeness (QED) is 0.508. The second kappa shape index (κ2) is 4.32. The van der Waals surface area contributed by atoms with Crippen LogP contribution in [-0.4, -0.2) is 17.6 Å². The summed E-state index contributed by atoms with van der Waals surface area (Å²) in [7, 11) is 0. The first-order chi connectivity index (χ1) is 4.22. The van der Waals surface area contributed by atoms with Crippen LogP contribution in [-0.2, 0) is 4.79 Å². The van der Waals surface area contributed by atoms with Gasteiger partial charge in [0, 0.05) is 6.04 Å². The summed E-state index contributed by atoms with van der Waals surface area (Å²) in [5, 5.41) is 6.89. The van der Waals surface area contributed by atoms with E-state index in [4.69, 9.17) is 15.6 Å². The van der Waals surface area contributed by atoms with Gasteiger partial charge in [-0.3, -0.25) is 4.79 Å². The summed E-state index contributed by atoms with van der Waals surface area (Å²) < 4.78 is 0. The monoisotopic (exact) mass is 131 g/mol. The fraction of sp³-hybridized carbons (Fsp3) is 0.833. The zero-order chi connectivity index (χ0) is 7.28. The van der Waals surface area contributed by atoms with E-state index in [0.29, 0.717) is 6.04 Å². The lowest BCUT2D eigenvalue weighted by molar-refractivity contribution is -0.122. The molecule has 0 aromatic carbocycles. The van der Waals surface area contributed by atoms with Crippen molar-refractivity contribution in [3.63, 3.8) is 0 Å². The van der Waals surface area contributed by atoms with Crippen LogP contribution in [0, 0.1) is 5.92 Å². The van der Waals surface area contributed by atoms with Gasteiger partial charge in [-0.15, -0.1) is 0 Å². The Hall–Kier alpha value is -0.570. The fourth-order valence-electron chi connectivity index (χ4n) is 0.622. The Morgan fingerprint density at radius 1 is 1.78 bits per heavy atom. The smallest absolute Gasteiger partial charge is 0.290 e. The SMILES string of the molecule is CC(N)C1CC1.O=CO. The molecule has 0 aliphatic heterocycles. The highest BCUT2D eigenvalue weighted by molar-refractivity contribution is 5.32. The topological polar surface area (TPSA) is 63.3 Å². The van der Waals surface area contributed by atoms with E-state index >= 15 is 0 Å². The van der Waals surface area contributed by atoms with E-state index in [0.717, 1.165) is 5.92 Å². The summed E-state index contributed by atoms with van der Waals surface area (Å²) in [6, 6.07) is 0.463. The van der Waals surface area contributed by atoms with E-state index in [1.165, 1.54) is 12.8 Å². The molecular formula is C6H13NO2. The van der Waals surface area contributed by atoms with Crippen LogP contribution in [0.1, 0.15) is 19.8 Å². The number of hydrogen-bond acceptors (Lipinski definition) is 2. The van der Waals surface area contributed by atoms with Crippen molar-refractivity contribution in [3.8, 4) is 0 Å². The molecule has 9 heavy (non-hydrogen) atoms. The van der Waals surface area contributed by atoms with Gasteiger partial charge >= 0.3 is 0 Å². The maximum atomic E-state index is 8.36. The Bertz CT molecular complexity index is 79.1. The number of carboxylic acid groups (broad SMARTS) is 1. The second-order valence-electron chi connectivity index (χ2n) is 2.30. The van der Waals surface area contributed by atoms with Crippen molar-refractivity contribution < 1.29 is 9.90 Å². The molecule has 1 atom stereocenters. The highest BCUT2D eigenvalue weighted by atomic mass is 16.3. The molecule has 0 aromatic heterocycles. The summed E-state index contributed by atoms with van der Waals surface area (Å²) in [6.07, 6.45) is 2.75. The predicted octanol–water partition coefficient (Wildman–Crippen LogP) is 0.444. The third-order valence-corrected chi connectivity index (χ3v) is 1.37. The van der Waals surface area contributed by atoms with Gasteiger partial charge in [-0.25, -0.2) is 0 Å². The lowest BCUT2D eigenvalue weighted by Crippen LogP contribution is -2.16. The molecule has 3 heteroatoms. The molecule has 1 unspecified atom stereocenters. The minimum Gasteiger partial charge on any atom is -0.483 e. The van der Waals surface area contributed by atoms with Gasteiger partial charge in [0.2, 0.25) is 0 Å². The molecule has 0 spiro atoms. The highest BCUT2D eigenvalue weighted by Gasteiger charge is 2.24. The van der Waals surface area contributed by atoms with E-state index in [1.54, 1.807) is 0 Å². The van der Waals surface area contributed by atoms with Crippen LogP contribution in [0.15, 0.2) is 0 Å². The Morgan fingerprint density at radius 2 is 2.11 bits per heavy atom. The summed E-state index contributed by atoms with van der Waals surface area (Å²) in [4.78, 5) is 8.36. The Kier molecular flexibility index (Phi) is 4.05. The summed E-state index contributed by atoms with van der Waals surface area (Å²) >= 11 is 0. The zero-order valence-corrected chi connectivity index (χ0v) is 5.58. The molecular weight excluding hydrogens is 118 g/mol. The van der Waals surface area contributed by atoms with Crippen LogP contribution < -0.4 is 5.73 Å². The van der Waals surface area contributed by atoms with Crippen molar-refractivity contribution in [3.05, 3.63) is 0 Å². The second-order valence-corrected chi connectivity index (χ2v) is 2.30. The van der Waals surface area contributed by atoms with Crippen molar-refractivity contribution in [2.75, 3.05) is 0 Å². The number of nitrogens with two attached hydrogens (primary N) is 1. The number of rotatable bonds is 1. The molecule has 0 radical (unpaired) electrons. The van der Waals surface area contributed by atoms with Crippen LogP contribution in [0.2, 0.25) is 0 Å². The van der Waals surface area contributed by atoms with Crippen LogP contribution in [0.5, 0.6) is 0 Å². The van der Waals surface area contributed by atoms with Crippen molar-refractivity contribution >= 4 is 6.47 Å². The Balaban J connectivity index is 0.000000187. The number of carbonyl (C=O) groups is 1. The van der Waals surface area contributed by atoms with Gasteiger partial charge < -0.3 is 10.8 Å². The molecule has 3 nitrogen and oxygen atoms in total. The summed E-state index contributed by atoms with van der Waals surface area (Å²) in [5.41, 5.74) is 5.50. The Labute approximate surface area is 54.9 Å². The normalized spacial score (nSPS) is 19.3. The minimum atomic E-state index is -0.250. The standard InChI is InChI=1S/C5H11N.CH2O2/c1-4(6)5-2-3-5;2-1-3/h4-5H,2-3,6H2,1H3;1H,(H,2,3). The first-order valence-electron chi connectivity index (χ1n) is 3.05. The van der Waals surface area contributed by atoms with E-state index in [2.05, 4.69) is 6.92 Å². The van der Waals surface area contributed by atoms with E-state index in [9.17, 15) is 0 Å². The zero-order valence-electron chi connectivity index (χ0n) is 5.58. The van der Waals surface area contributed by atoms with Gasteiger partial charge in [-0.1, -0.05) is 0 Å². The first-order valence-corrected chi connectivity index (χ1v) is 3.05. The van der Waals surface area contributed by atoms with Gasteiger partial charge in [-0.2, -0.15) is 0 Å². The maximum absolute atomic E-state index is 8.36. The van der Waals surface area contributed by atoms with Crippen LogP contribution in [0.3, 0.4) is 0 Å². The third-order valence-electron chi connectivity index (χ3n) is 1.37. The van der Waals surface area contributed by atoms with Crippen molar-refractivity contribution in [2.24, 2.45) is 11.7 Å². The van der Waals surface area contributed by atoms with Crippen molar-refractivity contribution in [1.82, 2.24) is 0 Å². The van der Waals surface area contributed by atoms with Gasteiger partial charge in [0.15, 0.2) is 0 Å². The third kappa shape index (κ3) is 5.30. The molecule has 1 aliphatic carbocycles. The van der Waals surface area contributed by atoms with Gasteiger partial charge in [-0.05, 0) is 25.7 Å². The molecule has 54 valence electrons. The first kappa shape index (κ1) is 8.43. The summed E-state index contributed by atoms with van der Waals surface area (Å²) in [6.45, 7) is 1.83. The van der Waals surface area contributed by atoms with E-state index in [-0.39, 0.29) is 6.47 Å². The largest absolute Gasteiger partial charge is 0.483 e. The molecule has 0 bridgehead atoms. The predicted molar refractivity (Wildman–Crippen MR) is 35.1 cm³/mol.